The van der Waals surface area contributed by atoms with Gasteiger partial charge in [0.15, 0.2) is 0 Å². The van der Waals surface area contributed by atoms with Crippen LogP contribution in [0.1, 0.15) is 35.1 Å². The third kappa shape index (κ3) is 3.38. The summed E-state index contributed by atoms with van der Waals surface area (Å²) in [5, 5.41) is 4.95. The number of anilines is 1. The number of nitrogens with one attached hydrogen (secondary N) is 3. The predicted octanol–water partition coefficient (Wildman–Crippen LogP) is 0.861. The van der Waals surface area contributed by atoms with Gasteiger partial charge in [0.1, 0.15) is 5.75 Å². The molecule has 0 saturated heterocycles. The predicted molar refractivity (Wildman–Crippen MR) is 90.5 cm³/mol. The molecular formula is C16H21N3O4S. The molecule has 130 valence electrons. The summed E-state index contributed by atoms with van der Waals surface area (Å²) in [5.74, 6) is -1.45. The molecule has 2 aliphatic rings. The molecule has 0 fully saturated rings. The van der Waals surface area contributed by atoms with E-state index in [-0.39, 0.29) is 0 Å². The molecule has 0 bridgehead atoms. The molecule has 7 nitrogen and oxygen atoms in total. The van der Waals surface area contributed by atoms with Gasteiger partial charge >= 0.3 is 6.03 Å². The topological polar surface area (TPSA) is 104 Å². The highest BCUT2D eigenvalue weighted by Crippen LogP contribution is 2.38. The van der Waals surface area contributed by atoms with E-state index < -0.39 is 27.7 Å². The third-order valence-corrected chi connectivity index (χ3v) is 5.70. The average molecular weight is 351 g/mol. The van der Waals surface area contributed by atoms with E-state index in [0.717, 1.165) is 55.3 Å². The molecule has 1 aromatic rings. The Balaban J connectivity index is 1.80. The molecule has 3 amide bonds. The van der Waals surface area contributed by atoms with Crippen LogP contribution < -0.4 is 15.4 Å². The van der Waals surface area contributed by atoms with E-state index >= 15 is 0 Å². The van der Waals surface area contributed by atoms with Crippen LogP contribution in [-0.2, 0) is 40.5 Å². The van der Waals surface area contributed by atoms with Crippen molar-refractivity contribution >= 4 is 27.6 Å². The number of sulfonamides is 1. The maximum Gasteiger partial charge on any atom is 0.332 e. The van der Waals surface area contributed by atoms with E-state index in [2.05, 4.69) is 16.7 Å². The second-order valence-corrected chi connectivity index (χ2v) is 7.94. The summed E-state index contributed by atoms with van der Waals surface area (Å²) in [4.78, 5) is 23.4. The molecule has 0 heterocycles. The highest BCUT2D eigenvalue weighted by atomic mass is 32.2. The Kier molecular flexibility index (Phi) is 4.49. The standard InChI is InChI=1S/C16H21N3O4S/c1-17-14(20)9-24(22,23)19-16(21)18-15-12-6-2-4-10(12)8-11-5-3-7-13(11)15/h8H,2-7,9H2,1H3,(H,17,20)(H2,18,19,21). The van der Waals surface area contributed by atoms with E-state index in [4.69, 9.17) is 0 Å². The van der Waals surface area contributed by atoms with Crippen LogP contribution in [0, 0.1) is 0 Å². The Hall–Kier alpha value is -2.09. The number of hydrogen-bond donors (Lipinski definition) is 3. The van der Waals surface area contributed by atoms with Gasteiger partial charge in [-0.2, -0.15) is 0 Å². The molecule has 0 spiro atoms. The number of carbonyl (C=O) groups is 2. The molecule has 1 aromatic carbocycles. The van der Waals surface area contributed by atoms with Crippen molar-refractivity contribution in [2.24, 2.45) is 0 Å². The van der Waals surface area contributed by atoms with E-state index in [1.807, 2.05) is 4.72 Å². The van der Waals surface area contributed by atoms with Gasteiger partial charge in [0, 0.05) is 12.7 Å². The molecule has 8 heteroatoms. The fraction of sp³-hybridized carbons (Fsp3) is 0.500. The van der Waals surface area contributed by atoms with E-state index in [1.54, 1.807) is 0 Å². The number of benzene rings is 1. The summed E-state index contributed by atoms with van der Waals surface area (Å²) in [7, 11) is -2.67. The van der Waals surface area contributed by atoms with E-state index in [0.29, 0.717) is 0 Å². The number of hydrogen-bond acceptors (Lipinski definition) is 4. The van der Waals surface area contributed by atoms with E-state index in [9.17, 15) is 18.0 Å². The van der Waals surface area contributed by atoms with Crippen molar-refractivity contribution in [3.63, 3.8) is 0 Å². The summed E-state index contributed by atoms with van der Waals surface area (Å²) in [6, 6.07) is 1.42. The Bertz CT molecular complexity index is 770. The molecular weight excluding hydrogens is 330 g/mol. The van der Waals surface area contributed by atoms with Crippen LogP contribution in [0.3, 0.4) is 0 Å². The van der Waals surface area contributed by atoms with Crippen LogP contribution in [0.5, 0.6) is 0 Å². The molecule has 24 heavy (non-hydrogen) atoms. The van der Waals surface area contributed by atoms with Gasteiger partial charge in [0.05, 0.1) is 0 Å². The van der Waals surface area contributed by atoms with Crippen LogP contribution in [0.25, 0.3) is 0 Å². The second kappa shape index (κ2) is 6.43. The minimum Gasteiger partial charge on any atom is -0.358 e. The van der Waals surface area contributed by atoms with Crippen molar-refractivity contribution in [1.82, 2.24) is 10.0 Å². The first-order chi connectivity index (χ1) is 11.4. The average Bonchev–Trinajstić information content (AvgIpc) is 3.14. The lowest BCUT2D eigenvalue weighted by atomic mass is 9.99. The molecule has 0 saturated carbocycles. The van der Waals surface area contributed by atoms with Crippen molar-refractivity contribution in [3.05, 3.63) is 28.3 Å². The fourth-order valence-electron chi connectivity index (χ4n) is 3.53. The number of rotatable bonds is 4. The summed E-state index contributed by atoms with van der Waals surface area (Å²) >= 11 is 0. The Morgan fingerprint density at radius 2 is 1.62 bits per heavy atom. The molecule has 0 unspecified atom stereocenters. The van der Waals surface area contributed by atoms with E-state index in [1.165, 1.54) is 18.2 Å². The van der Waals surface area contributed by atoms with Crippen LogP contribution in [0.4, 0.5) is 10.5 Å². The third-order valence-electron chi connectivity index (χ3n) is 4.56. The highest BCUT2D eigenvalue weighted by Gasteiger charge is 2.26. The number of aryl methyl sites for hydroxylation is 2. The van der Waals surface area contributed by atoms with Gasteiger partial charge < -0.3 is 10.6 Å². The molecule has 0 aromatic heterocycles. The lowest BCUT2D eigenvalue weighted by molar-refractivity contribution is -0.118. The zero-order valence-electron chi connectivity index (χ0n) is 13.6. The Morgan fingerprint density at radius 3 is 2.17 bits per heavy atom. The molecule has 0 aliphatic heterocycles. The minimum absolute atomic E-state index is 0.670. The monoisotopic (exact) mass is 351 g/mol. The summed E-state index contributed by atoms with van der Waals surface area (Å²) in [6.45, 7) is 0. The summed E-state index contributed by atoms with van der Waals surface area (Å²) < 4.78 is 25.6. The minimum atomic E-state index is -4.01. The Morgan fingerprint density at radius 1 is 1.04 bits per heavy atom. The Labute approximate surface area is 141 Å². The maximum atomic E-state index is 12.2. The first-order valence-electron chi connectivity index (χ1n) is 8.08. The molecule has 0 atom stereocenters. The highest BCUT2D eigenvalue weighted by molar-refractivity contribution is 7.90. The number of urea groups is 1. The zero-order valence-corrected chi connectivity index (χ0v) is 14.4. The SMILES string of the molecule is CNC(=O)CS(=O)(=O)NC(=O)Nc1c2c(cc3c1CCC3)CCC2. The van der Waals surface area contributed by atoms with Gasteiger partial charge in [0.2, 0.25) is 15.9 Å². The van der Waals surface area contributed by atoms with Gasteiger partial charge in [-0.1, -0.05) is 6.07 Å². The fourth-order valence-corrected chi connectivity index (χ4v) is 4.42. The summed E-state index contributed by atoms with van der Waals surface area (Å²) in [6.07, 6.45) is 5.86. The van der Waals surface area contributed by atoms with Crippen LogP contribution >= 0.6 is 0 Å². The van der Waals surface area contributed by atoms with Crippen LogP contribution in [-0.4, -0.2) is 33.2 Å². The summed E-state index contributed by atoms with van der Waals surface area (Å²) in [5.41, 5.74) is 5.51. The lowest BCUT2D eigenvalue weighted by Gasteiger charge is -2.16. The van der Waals surface area contributed by atoms with Crippen molar-refractivity contribution in [2.75, 3.05) is 18.1 Å². The number of carbonyl (C=O) groups excluding carboxylic acids is 2. The van der Waals surface area contributed by atoms with Crippen LogP contribution in [0.15, 0.2) is 6.07 Å². The van der Waals surface area contributed by atoms with Gasteiger partial charge in [-0.15, -0.1) is 0 Å². The van der Waals surface area contributed by atoms with Gasteiger partial charge in [-0.05, 0) is 60.8 Å². The maximum absolute atomic E-state index is 12.2. The molecule has 3 rings (SSSR count). The molecule has 3 N–H and O–H groups in total. The normalized spacial score (nSPS) is 15.5. The number of fused-ring (bicyclic) bond motifs is 2. The van der Waals surface area contributed by atoms with Crippen molar-refractivity contribution in [2.45, 2.75) is 38.5 Å². The van der Waals surface area contributed by atoms with Crippen LogP contribution in [0.2, 0.25) is 0 Å². The van der Waals surface area contributed by atoms with Gasteiger partial charge in [0.25, 0.3) is 0 Å². The van der Waals surface area contributed by atoms with Gasteiger partial charge in [-0.25, -0.2) is 17.9 Å². The second-order valence-electron chi connectivity index (χ2n) is 6.22. The first-order valence-corrected chi connectivity index (χ1v) is 9.73. The zero-order chi connectivity index (χ0) is 17.3. The quantitative estimate of drug-likeness (QED) is 0.748. The smallest absolute Gasteiger partial charge is 0.332 e. The molecule has 0 radical (unpaired) electrons. The first kappa shape index (κ1) is 16.8. The molecule has 2 aliphatic carbocycles. The number of amides is 3. The lowest BCUT2D eigenvalue weighted by Crippen LogP contribution is -2.40. The van der Waals surface area contributed by atoms with Crippen molar-refractivity contribution in [1.29, 1.82) is 0 Å². The van der Waals surface area contributed by atoms with Crippen molar-refractivity contribution in [3.8, 4) is 0 Å². The largest absolute Gasteiger partial charge is 0.358 e. The van der Waals surface area contributed by atoms with Crippen molar-refractivity contribution < 1.29 is 18.0 Å². The van der Waals surface area contributed by atoms with Gasteiger partial charge in [-0.3, -0.25) is 4.79 Å².